The Hall–Kier alpha value is -0.0500. The highest BCUT2D eigenvalue weighted by Crippen LogP contribution is 2.36. The number of halogens is 2. The lowest BCUT2D eigenvalue weighted by atomic mass is 9.89. The highest BCUT2D eigenvalue weighted by molar-refractivity contribution is 14.1. The van der Waals surface area contributed by atoms with Gasteiger partial charge < -0.3 is 9.47 Å². The van der Waals surface area contributed by atoms with E-state index in [0.29, 0.717) is 0 Å². The van der Waals surface area contributed by atoms with Crippen molar-refractivity contribution < 1.29 is 14.3 Å². The molecule has 0 aliphatic rings. The smallest absolute Gasteiger partial charge is 0.312 e. The lowest BCUT2D eigenvalue weighted by Crippen LogP contribution is -2.34. The molecule has 0 radical (unpaired) electrons. The van der Waals surface area contributed by atoms with Gasteiger partial charge in [0.15, 0.2) is 0 Å². The first-order chi connectivity index (χ1) is 9.55. The molecule has 0 bridgehead atoms. The molecule has 0 aliphatic heterocycles. The van der Waals surface area contributed by atoms with E-state index in [1.54, 1.807) is 7.11 Å². The molecule has 0 fully saturated rings. The fourth-order valence-corrected chi connectivity index (χ4v) is 3.88. The second-order valence-corrected chi connectivity index (χ2v) is 8.43. The predicted octanol–water partition coefficient (Wildman–Crippen LogP) is 5.12. The largest absolute Gasteiger partial charge is 0.495 e. The monoisotopic (exact) mass is 516 g/mol. The molecule has 5 heteroatoms. The molecule has 0 saturated heterocycles. The number of methoxy groups -OCH3 is 1. The Bertz CT molecular complexity index is 513. The first-order valence-corrected chi connectivity index (χ1v) is 8.98. The Morgan fingerprint density at radius 3 is 2.00 bits per heavy atom. The molecule has 1 aromatic rings. The molecule has 0 saturated carbocycles. The van der Waals surface area contributed by atoms with Crippen molar-refractivity contribution in [3.63, 3.8) is 0 Å². The third-order valence-corrected chi connectivity index (χ3v) is 5.28. The van der Waals surface area contributed by atoms with Crippen LogP contribution in [-0.4, -0.2) is 13.1 Å². The normalized spacial score (nSPS) is 12.2. The molecule has 0 atom stereocenters. The zero-order valence-electron chi connectivity index (χ0n) is 13.3. The van der Waals surface area contributed by atoms with Crippen LogP contribution < -0.4 is 4.74 Å². The minimum atomic E-state index is -0.671. The first kappa shape index (κ1) is 19.0. The van der Waals surface area contributed by atoms with E-state index >= 15 is 0 Å². The van der Waals surface area contributed by atoms with Crippen molar-refractivity contribution in [2.75, 3.05) is 7.11 Å². The maximum atomic E-state index is 12.3. The molecule has 0 aromatic heterocycles. The van der Waals surface area contributed by atoms with Gasteiger partial charge in [-0.25, -0.2) is 0 Å². The quantitative estimate of drug-likeness (QED) is 0.403. The molecule has 1 rings (SSSR count). The molecule has 0 N–H and O–H groups in total. The van der Waals surface area contributed by atoms with E-state index in [-0.39, 0.29) is 5.97 Å². The van der Waals surface area contributed by atoms with Crippen LogP contribution in [-0.2, 0) is 15.1 Å². The lowest BCUT2D eigenvalue weighted by Gasteiger charge is -2.31. The molecule has 0 unspecified atom stereocenters. The van der Waals surface area contributed by atoms with E-state index in [4.69, 9.17) is 9.47 Å². The van der Waals surface area contributed by atoms with Crippen LogP contribution in [0.1, 0.15) is 46.6 Å². The summed E-state index contributed by atoms with van der Waals surface area (Å²) < 4.78 is 13.2. The average molecular weight is 516 g/mol. The summed E-state index contributed by atoms with van der Waals surface area (Å²) in [7, 11) is 1.66. The highest BCUT2D eigenvalue weighted by Gasteiger charge is 2.34. The summed E-state index contributed by atoms with van der Waals surface area (Å²) in [6, 6.07) is 4.02. The average Bonchev–Trinajstić information content (AvgIpc) is 2.37. The van der Waals surface area contributed by atoms with Crippen molar-refractivity contribution in [2.24, 2.45) is 5.41 Å². The molecule has 3 nitrogen and oxygen atoms in total. The van der Waals surface area contributed by atoms with Gasteiger partial charge in [-0.1, -0.05) is 6.92 Å². The van der Waals surface area contributed by atoms with E-state index in [2.05, 4.69) is 45.2 Å². The zero-order chi connectivity index (χ0) is 16.4. The predicted molar refractivity (Wildman–Crippen MR) is 102 cm³/mol. The van der Waals surface area contributed by atoms with Crippen molar-refractivity contribution in [3.8, 4) is 5.75 Å². The van der Waals surface area contributed by atoms with Crippen LogP contribution in [0.2, 0.25) is 0 Å². The molecule has 21 heavy (non-hydrogen) atoms. The number of carbonyl (C=O) groups excluding carboxylic acids is 1. The highest BCUT2D eigenvalue weighted by atomic mass is 127. The van der Waals surface area contributed by atoms with E-state index in [1.807, 2.05) is 46.8 Å². The third-order valence-electron chi connectivity index (χ3n) is 3.68. The molecule has 1 aromatic carbocycles. The van der Waals surface area contributed by atoms with Gasteiger partial charge in [-0.3, -0.25) is 4.79 Å². The number of ether oxygens (including phenoxy) is 2. The number of benzene rings is 1. The van der Waals surface area contributed by atoms with Gasteiger partial charge in [-0.2, -0.15) is 0 Å². The van der Waals surface area contributed by atoms with Crippen molar-refractivity contribution >= 4 is 51.2 Å². The Kier molecular flexibility index (Phi) is 6.35. The van der Waals surface area contributed by atoms with Gasteiger partial charge in [0, 0.05) is 0 Å². The number of hydrogen-bond acceptors (Lipinski definition) is 3. The standard InChI is InChI=1S/C16H22I2O3/c1-7-15(2,3)14(19)21-16(4,5)10-8-11(17)13(20-6)12(18)9-10/h8-9H,7H2,1-6H3. The minimum Gasteiger partial charge on any atom is -0.495 e. The molecule has 0 amide bonds. The van der Waals surface area contributed by atoms with Crippen molar-refractivity contribution in [3.05, 3.63) is 24.8 Å². The maximum absolute atomic E-state index is 12.3. The number of esters is 1. The van der Waals surface area contributed by atoms with Gasteiger partial charge in [0.2, 0.25) is 0 Å². The van der Waals surface area contributed by atoms with Crippen LogP contribution in [0.5, 0.6) is 5.75 Å². The second kappa shape index (κ2) is 7.02. The fraction of sp³-hybridized carbons (Fsp3) is 0.562. The Morgan fingerprint density at radius 2 is 1.62 bits per heavy atom. The Morgan fingerprint density at radius 1 is 1.14 bits per heavy atom. The number of hydrogen-bond donors (Lipinski definition) is 0. The summed E-state index contributed by atoms with van der Waals surface area (Å²) >= 11 is 4.48. The molecular formula is C16H22I2O3. The van der Waals surface area contributed by atoms with Crippen molar-refractivity contribution in [1.82, 2.24) is 0 Å². The summed E-state index contributed by atoms with van der Waals surface area (Å²) in [5.74, 6) is 0.687. The van der Waals surface area contributed by atoms with Gasteiger partial charge in [-0.05, 0) is 97.0 Å². The zero-order valence-corrected chi connectivity index (χ0v) is 17.7. The van der Waals surface area contributed by atoms with Crippen LogP contribution in [0.3, 0.4) is 0 Å². The SMILES string of the molecule is CCC(C)(C)C(=O)OC(C)(C)c1cc(I)c(OC)c(I)c1. The van der Waals surface area contributed by atoms with Crippen molar-refractivity contribution in [2.45, 2.75) is 46.6 Å². The maximum Gasteiger partial charge on any atom is 0.312 e. The van der Waals surface area contributed by atoms with Gasteiger partial charge in [0.1, 0.15) is 11.4 Å². The fourth-order valence-electron chi connectivity index (χ4n) is 1.68. The molecule has 0 aliphatic carbocycles. The lowest BCUT2D eigenvalue weighted by molar-refractivity contribution is -0.168. The summed E-state index contributed by atoms with van der Waals surface area (Å²) in [5.41, 5.74) is -0.169. The Labute approximate surface area is 154 Å². The van der Waals surface area contributed by atoms with E-state index in [9.17, 15) is 4.79 Å². The van der Waals surface area contributed by atoms with Gasteiger partial charge >= 0.3 is 5.97 Å². The summed E-state index contributed by atoms with van der Waals surface area (Å²) in [6.45, 7) is 9.66. The minimum absolute atomic E-state index is 0.171. The summed E-state index contributed by atoms with van der Waals surface area (Å²) in [4.78, 5) is 12.3. The summed E-state index contributed by atoms with van der Waals surface area (Å²) in [5, 5.41) is 0. The van der Waals surface area contributed by atoms with E-state index in [1.165, 1.54) is 0 Å². The van der Waals surface area contributed by atoms with Crippen LogP contribution in [0.4, 0.5) is 0 Å². The van der Waals surface area contributed by atoms with Crippen LogP contribution in [0, 0.1) is 12.6 Å². The topological polar surface area (TPSA) is 35.5 Å². The van der Waals surface area contributed by atoms with Gasteiger partial charge in [0.25, 0.3) is 0 Å². The third kappa shape index (κ3) is 4.46. The Balaban J connectivity index is 3.11. The van der Waals surface area contributed by atoms with E-state index < -0.39 is 11.0 Å². The molecule has 0 spiro atoms. The number of carbonyl (C=O) groups is 1. The molecule has 0 heterocycles. The van der Waals surface area contributed by atoms with Crippen LogP contribution in [0.15, 0.2) is 12.1 Å². The number of rotatable bonds is 5. The van der Waals surface area contributed by atoms with Crippen molar-refractivity contribution in [1.29, 1.82) is 0 Å². The van der Waals surface area contributed by atoms with E-state index in [0.717, 1.165) is 24.9 Å². The second-order valence-electron chi connectivity index (χ2n) is 6.11. The van der Waals surface area contributed by atoms with Gasteiger partial charge in [0.05, 0.1) is 19.7 Å². The molecular weight excluding hydrogens is 494 g/mol. The van der Waals surface area contributed by atoms with Crippen LogP contribution in [0.25, 0.3) is 0 Å². The summed E-state index contributed by atoms with van der Waals surface area (Å²) in [6.07, 6.45) is 0.750. The molecule has 118 valence electrons. The van der Waals surface area contributed by atoms with Crippen LogP contribution >= 0.6 is 45.2 Å². The van der Waals surface area contributed by atoms with Gasteiger partial charge in [-0.15, -0.1) is 0 Å². The first-order valence-electron chi connectivity index (χ1n) is 6.82.